The van der Waals surface area contributed by atoms with Gasteiger partial charge in [-0.05, 0) is 25.1 Å². The van der Waals surface area contributed by atoms with Crippen LogP contribution in [-0.4, -0.2) is 16.1 Å². The van der Waals surface area contributed by atoms with E-state index >= 15 is 0 Å². The van der Waals surface area contributed by atoms with Crippen molar-refractivity contribution in [1.29, 1.82) is 0 Å². The molecule has 0 aliphatic carbocycles. The summed E-state index contributed by atoms with van der Waals surface area (Å²) >= 11 is 6.23. The molecule has 0 aliphatic rings. The second kappa shape index (κ2) is 6.26. The summed E-state index contributed by atoms with van der Waals surface area (Å²) in [5, 5.41) is 14.0. The van der Waals surface area contributed by atoms with E-state index < -0.39 is 5.97 Å². The first-order valence-corrected chi connectivity index (χ1v) is 7.55. The maximum Gasteiger partial charge on any atom is 0.307 e. The van der Waals surface area contributed by atoms with Crippen molar-refractivity contribution < 1.29 is 9.90 Å². The molecule has 2 aromatic carbocycles. The van der Waals surface area contributed by atoms with Crippen LogP contribution in [0.5, 0.6) is 0 Å². The second-order valence-corrected chi connectivity index (χ2v) is 5.65. The molecule has 0 atom stereocenters. The summed E-state index contributed by atoms with van der Waals surface area (Å²) in [6, 6.07) is 15.0. The number of halogens is 1. The third-order valence-corrected chi connectivity index (χ3v) is 3.99. The Balaban J connectivity index is 2.22. The molecule has 0 amide bonds. The number of carboxylic acids is 1. The quantitative estimate of drug-likeness (QED) is 0.737. The summed E-state index contributed by atoms with van der Waals surface area (Å²) in [5.74, 6) is -0.896. The van der Waals surface area contributed by atoms with Crippen molar-refractivity contribution in [3.63, 3.8) is 0 Å². The molecule has 0 saturated carbocycles. The molecular formula is C18H15ClN2O2. The van der Waals surface area contributed by atoms with Gasteiger partial charge >= 0.3 is 5.97 Å². The van der Waals surface area contributed by atoms with Crippen molar-refractivity contribution in [2.45, 2.75) is 13.3 Å². The van der Waals surface area contributed by atoms with Crippen LogP contribution in [0.1, 0.15) is 11.3 Å². The average molecular weight is 327 g/mol. The van der Waals surface area contributed by atoms with Gasteiger partial charge in [0.15, 0.2) is 0 Å². The lowest BCUT2D eigenvalue weighted by molar-refractivity contribution is -0.136. The van der Waals surface area contributed by atoms with E-state index in [4.69, 9.17) is 11.6 Å². The molecule has 0 unspecified atom stereocenters. The molecular weight excluding hydrogens is 312 g/mol. The number of hydrogen-bond donors (Lipinski definition) is 2. The van der Waals surface area contributed by atoms with Crippen LogP contribution in [0.25, 0.3) is 10.9 Å². The molecule has 3 aromatic rings. The van der Waals surface area contributed by atoms with E-state index in [1.807, 2.05) is 49.4 Å². The first-order valence-electron chi connectivity index (χ1n) is 7.18. The fourth-order valence-corrected chi connectivity index (χ4v) is 2.76. The smallest absolute Gasteiger partial charge is 0.307 e. The van der Waals surface area contributed by atoms with Crippen LogP contribution in [0.4, 0.5) is 11.4 Å². The zero-order valence-electron chi connectivity index (χ0n) is 12.5. The zero-order chi connectivity index (χ0) is 16.4. The van der Waals surface area contributed by atoms with Gasteiger partial charge in [0.25, 0.3) is 0 Å². The van der Waals surface area contributed by atoms with Gasteiger partial charge in [0.05, 0.1) is 28.3 Å². The second-order valence-electron chi connectivity index (χ2n) is 5.24. The minimum Gasteiger partial charge on any atom is -0.481 e. The largest absolute Gasteiger partial charge is 0.481 e. The molecule has 0 aliphatic heterocycles. The van der Waals surface area contributed by atoms with Gasteiger partial charge in [0, 0.05) is 16.6 Å². The Morgan fingerprint density at radius 1 is 1.17 bits per heavy atom. The number of nitrogens with one attached hydrogen (secondary N) is 1. The van der Waals surface area contributed by atoms with Crippen LogP contribution in [0.2, 0.25) is 5.02 Å². The number of aromatic nitrogens is 1. The number of aryl methyl sites for hydroxylation is 1. The van der Waals surface area contributed by atoms with Crippen LogP contribution in [0.15, 0.2) is 48.5 Å². The van der Waals surface area contributed by atoms with E-state index in [1.165, 1.54) is 0 Å². The normalized spacial score (nSPS) is 10.7. The molecule has 0 fully saturated rings. The zero-order valence-corrected chi connectivity index (χ0v) is 13.3. The minimum absolute atomic E-state index is 0.101. The summed E-state index contributed by atoms with van der Waals surface area (Å²) in [4.78, 5) is 15.8. The monoisotopic (exact) mass is 326 g/mol. The molecule has 0 radical (unpaired) electrons. The lowest BCUT2D eigenvalue weighted by Crippen LogP contribution is -2.08. The molecule has 4 nitrogen and oxygen atoms in total. The van der Waals surface area contributed by atoms with E-state index in [0.29, 0.717) is 16.3 Å². The SMILES string of the molecule is Cc1nc2ccccc2c(Nc2ccccc2Cl)c1CC(=O)O. The van der Waals surface area contributed by atoms with E-state index in [1.54, 1.807) is 6.07 Å². The van der Waals surface area contributed by atoms with Gasteiger partial charge in [-0.15, -0.1) is 0 Å². The topological polar surface area (TPSA) is 62.2 Å². The van der Waals surface area contributed by atoms with E-state index in [-0.39, 0.29) is 6.42 Å². The first-order chi connectivity index (χ1) is 11.1. The number of anilines is 2. The molecule has 0 spiro atoms. The number of rotatable bonds is 4. The maximum absolute atomic E-state index is 11.2. The molecule has 2 N–H and O–H groups in total. The summed E-state index contributed by atoms with van der Waals surface area (Å²) < 4.78 is 0. The van der Waals surface area contributed by atoms with Crippen molar-refractivity contribution in [2.24, 2.45) is 0 Å². The van der Waals surface area contributed by atoms with Crippen LogP contribution in [-0.2, 0) is 11.2 Å². The summed E-state index contributed by atoms with van der Waals surface area (Å²) in [6.07, 6.45) is -0.101. The van der Waals surface area contributed by atoms with E-state index in [0.717, 1.165) is 22.3 Å². The van der Waals surface area contributed by atoms with Crippen molar-refractivity contribution in [1.82, 2.24) is 4.98 Å². The van der Waals surface area contributed by atoms with Crippen LogP contribution >= 0.6 is 11.6 Å². The maximum atomic E-state index is 11.2. The molecule has 0 bridgehead atoms. The number of carboxylic acid groups (broad SMARTS) is 1. The highest BCUT2D eigenvalue weighted by Gasteiger charge is 2.16. The fourth-order valence-electron chi connectivity index (χ4n) is 2.58. The fraction of sp³-hybridized carbons (Fsp3) is 0.111. The van der Waals surface area contributed by atoms with Crippen molar-refractivity contribution in [3.05, 3.63) is 64.8 Å². The number of fused-ring (bicyclic) bond motifs is 1. The highest BCUT2D eigenvalue weighted by molar-refractivity contribution is 6.33. The number of aliphatic carboxylic acids is 1. The molecule has 1 aromatic heterocycles. The predicted molar refractivity (Wildman–Crippen MR) is 92.6 cm³/mol. The van der Waals surface area contributed by atoms with E-state index in [2.05, 4.69) is 10.3 Å². The highest BCUT2D eigenvalue weighted by Crippen LogP contribution is 2.33. The van der Waals surface area contributed by atoms with Crippen LogP contribution in [0.3, 0.4) is 0 Å². The Bertz CT molecular complexity index is 893. The number of pyridine rings is 1. The van der Waals surface area contributed by atoms with Gasteiger partial charge in [-0.25, -0.2) is 0 Å². The lowest BCUT2D eigenvalue weighted by atomic mass is 10.0. The van der Waals surface area contributed by atoms with Crippen LogP contribution < -0.4 is 5.32 Å². The van der Waals surface area contributed by atoms with Crippen molar-refractivity contribution in [2.75, 3.05) is 5.32 Å². The third-order valence-electron chi connectivity index (χ3n) is 3.66. The standard InChI is InChI=1S/C18H15ClN2O2/c1-11-13(10-17(22)23)18(12-6-2-4-8-15(12)20-11)21-16-9-5-3-7-14(16)19/h2-9H,10H2,1H3,(H,20,21)(H,22,23). The summed E-state index contributed by atoms with van der Waals surface area (Å²) in [7, 11) is 0. The number of hydrogen-bond acceptors (Lipinski definition) is 3. The van der Waals surface area contributed by atoms with Gasteiger partial charge in [-0.1, -0.05) is 41.9 Å². The lowest BCUT2D eigenvalue weighted by Gasteiger charge is -2.17. The molecule has 1 heterocycles. The minimum atomic E-state index is -0.896. The summed E-state index contributed by atoms with van der Waals surface area (Å²) in [5.41, 5.74) is 3.64. The van der Waals surface area contributed by atoms with Gasteiger partial charge in [0.1, 0.15) is 0 Å². The molecule has 0 saturated heterocycles. The number of benzene rings is 2. The number of carbonyl (C=O) groups is 1. The Morgan fingerprint density at radius 3 is 2.61 bits per heavy atom. The van der Waals surface area contributed by atoms with Gasteiger partial charge in [0.2, 0.25) is 0 Å². The third kappa shape index (κ3) is 3.12. The van der Waals surface area contributed by atoms with Crippen molar-refractivity contribution in [3.8, 4) is 0 Å². The molecule has 3 rings (SSSR count). The number of para-hydroxylation sites is 2. The molecule has 23 heavy (non-hydrogen) atoms. The van der Waals surface area contributed by atoms with E-state index in [9.17, 15) is 9.90 Å². The van der Waals surface area contributed by atoms with Crippen molar-refractivity contribution >= 4 is 39.8 Å². The predicted octanol–water partition coefficient (Wildman–Crippen LogP) is 4.57. The van der Waals surface area contributed by atoms with Crippen LogP contribution in [0, 0.1) is 6.92 Å². The Kier molecular flexibility index (Phi) is 4.17. The number of nitrogens with zero attached hydrogens (tertiary/aromatic N) is 1. The van der Waals surface area contributed by atoms with Gasteiger partial charge < -0.3 is 10.4 Å². The Labute approximate surface area is 138 Å². The molecule has 116 valence electrons. The highest BCUT2D eigenvalue weighted by atomic mass is 35.5. The first kappa shape index (κ1) is 15.3. The summed E-state index contributed by atoms with van der Waals surface area (Å²) in [6.45, 7) is 1.82. The molecule has 5 heteroatoms. The Morgan fingerprint density at radius 2 is 1.87 bits per heavy atom. The van der Waals surface area contributed by atoms with Gasteiger partial charge in [-0.2, -0.15) is 0 Å². The average Bonchev–Trinajstić information content (AvgIpc) is 2.52. The van der Waals surface area contributed by atoms with Gasteiger partial charge in [-0.3, -0.25) is 9.78 Å². The Hall–Kier alpha value is -2.59.